The van der Waals surface area contributed by atoms with Gasteiger partial charge >= 0.3 is 0 Å². The molecule has 4 nitrogen and oxygen atoms in total. The minimum atomic E-state index is 0.926. The van der Waals surface area contributed by atoms with E-state index in [1.54, 1.807) is 0 Å². The molecule has 1 aromatic heterocycles. The Bertz CT molecular complexity index is 377. The highest BCUT2D eigenvalue weighted by molar-refractivity contribution is 5.14. The third kappa shape index (κ3) is 5.19. The molecular formula is C16H28N4. The van der Waals surface area contributed by atoms with Crippen molar-refractivity contribution in [2.75, 3.05) is 39.8 Å². The molecule has 0 bridgehead atoms. The molecule has 0 atom stereocenters. The van der Waals surface area contributed by atoms with Crippen molar-refractivity contribution in [3.05, 3.63) is 29.6 Å². The lowest BCUT2D eigenvalue weighted by atomic mass is 10.2. The fourth-order valence-corrected chi connectivity index (χ4v) is 2.55. The summed E-state index contributed by atoms with van der Waals surface area (Å²) in [6.45, 7) is 9.89. The molecule has 0 amide bonds. The molecule has 1 aromatic rings. The zero-order valence-corrected chi connectivity index (χ0v) is 12.9. The minimum Gasteiger partial charge on any atom is -0.313 e. The van der Waals surface area contributed by atoms with Gasteiger partial charge in [-0.3, -0.25) is 9.88 Å². The van der Waals surface area contributed by atoms with Crippen LogP contribution in [0.25, 0.3) is 0 Å². The molecule has 0 radical (unpaired) electrons. The van der Waals surface area contributed by atoms with Gasteiger partial charge in [0.2, 0.25) is 0 Å². The van der Waals surface area contributed by atoms with Crippen molar-refractivity contribution in [1.82, 2.24) is 20.1 Å². The number of hydrogen-bond acceptors (Lipinski definition) is 4. The van der Waals surface area contributed by atoms with Gasteiger partial charge in [-0.15, -0.1) is 0 Å². The topological polar surface area (TPSA) is 31.4 Å². The van der Waals surface area contributed by atoms with E-state index in [0.717, 1.165) is 26.2 Å². The highest BCUT2D eigenvalue weighted by Crippen LogP contribution is 2.07. The highest BCUT2D eigenvalue weighted by Gasteiger charge is 2.12. The molecule has 0 saturated carbocycles. The average Bonchev–Trinajstić information content (AvgIpc) is 2.66. The van der Waals surface area contributed by atoms with Crippen LogP contribution in [0.15, 0.2) is 18.3 Å². The lowest BCUT2D eigenvalue weighted by Gasteiger charge is -2.19. The molecule has 0 unspecified atom stereocenters. The van der Waals surface area contributed by atoms with Crippen LogP contribution >= 0.6 is 0 Å². The van der Waals surface area contributed by atoms with Crippen LogP contribution in [0.4, 0.5) is 0 Å². The molecule has 112 valence electrons. The van der Waals surface area contributed by atoms with Gasteiger partial charge in [0.25, 0.3) is 0 Å². The van der Waals surface area contributed by atoms with Crippen molar-refractivity contribution in [3.8, 4) is 0 Å². The first-order valence-electron chi connectivity index (χ1n) is 7.83. The number of hydrogen-bond donors (Lipinski definition) is 1. The molecule has 2 heterocycles. The van der Waals surface area contributed by atoms with Crippen molar-refractivity contribution < 1.29 is 0 Å². The van der Waals surface area contributed by atoms with E-state index in [-0.39, 0.29) is 0 Å². The second kappa shape index (κ2) is 8.35. The number of nitrogens with zero attached hydrogens (tertiary/aromatic N) is 3. The van der Waals surface area contributed by atoms with Crippen molar-refractivity contribution in [3.63, 3.8) is 0 Å². The maximum atomic E-state index is 4.61. The fourth-order valence-electron chi connectivity index (χ4n) is 2.55. The van der Waals surface area contributed by atoms with Crippen molar-refractivity contribution in [2.24, 2.45) is 0 Å². The largest absolute Gasteiger partial charge is 0.313 e. The highest BCUT2D eigenvalue weighted by atomic mass is 15.2. The monoisotopic (exact) mass is 276 g/mol. The molecule has 0 spiro atoms. The summed E-state index contributed by atoms with van der Waals surface area (Å²) in [5, 5.41) is 3.41. The number of pyridine rings is 1. The van der Waals surface area contributed by atoms with Gasteiger partial charge in [-0.05, 0) is 51.2 Å². The Kier molecular flexibility index (Phi) is 6.43. The van der Waals surface area contributed by atoms with Gasteiger partial charge in [-0.25, -0.2) is 0 Å². The van der Waals surface area contributed by atoms with Crippen molar-refractivity contribution in [2.45, 2.75) is 32.9 Å². The molecule has 0 aliphatic carbocycles. The first kappa shape index (κ1) is 15.4. The smallest absolute Gasteiger partial charge is 0.0544 e. The summed E-state index contributed by atoms with van der Waals surface area (Å²) >= 11 is 0. The molecular weight excluding hydrogens is 248 g/mol. The second-order valence-electron chi connectivity index (χ2n) is 5.77. The van der Waals surface area contributed by atoms with Gasteiger partial charge in [0, 0.05) is 32.4 Å². The van der Waals surface area contributed by atoms with E-state index in [1.807, 2.05) is 6.20 Å². The van der Waals surface area contributed by atoms with E-state index < -0.39 is 0 Å². The molecule has 1 fully saturated rings. The van der Waals surface area contributed by atoms with Crippen LogP contribution in [0, 0.1) is 0 Å². The molecule has 4 heteroatoms. The second-order valence-corrected chi connectivity index (χ2v) is 5.77. The van der Waals surface area contributed by atoms with Crippen molar-refractivity contribution >= 4 is 0 Å². The first-order valence-corrected chi connectivity index (χ1v) is 7.83. The third-order valence-electron chi connectivity index (χ3n) is 3.84. The minimum absolute atomic E-state index is 0.926. The predicted molar refractivity (Wildman–Crippen MR) is 83.6 cm³/mol. The van der Waals surface area contributed by atoms with E-state index in [9.17, 15) is 0 Å². The molecule has 1 saturated heterocycles. The van der Waals surface area contributed by atoms with E-state index >= 15 is 0 Å². The van der Waals surface area contributed by atoms with Gasteiger partial charge in [0.1, 0.15) is 0 Å². The zero-order chi connectivity index (χ0) is 14.2. The molecule has 2 rings (SSSR count). The Morgan fingerprint density at radius 2 is 2.10 bits per heavy atom. The lowest BCUT2D eigenvalue weighted by Crippen LogP contribution is -2.28. The maximum absolute atomic E-state index is 4.61. The molecule has 0 aromatic carbocycles. The summed E-state index contributed by atoms with van der Waals surface area (Å²) in [6.07, 6.45) is 4.45. The Morgan fingerprint density at radius 1 is 1.20 bits per heavy atom. The molecule has 1 aliphatic rings. The first-order chi connectivity index (χ1) is 9.78. The molecule has 20 heavy (non-hydrogen) atoms. The molecule has 1 N–H and O–H groups in total. The van der Waals surface area contributed by atoms with E-state index in [2.05, 4.69) is 46.2 Å². The van der Waals surface area contributed by atoms with Crippen LogP contribution in [0.1, 0.15) is 31.0 Å². The Hall–Kier alpha value is -0.970. The van der Waals surface area contributed by atoms with Gasteiger partial charge in [0.15, 0.2) is 0 Å². The average molecular weight is 276 g/mol. The van der Waals surface area contributed by atoms with Crippen LogP contribution in [-0.2, 0) is 13.1 Å². The number of rotatable bonds is 6. The van der Waals surface area contributed by atoms with Gasteiger partial charge < -0.3 is 10.2 Å². The third-order valence-corrected chi connectivity index (χ3v) is 3.84. The van der Waals surface area contributed by atoms with E-state index in [0.29, 0.717) is 0 Å². The van der Waals surface area contributed by atoms with Gasteiger partial charge in [-0.2, -0.15) is 0 Å². The SMILES string of the molecule is CCCNCc1ccc(CN2CCCN(C)CC2)nc1. The maximum Gasteiger partial charge on any atom is 0.0544 e. The number of nitrogens with one attached hydrogen (secondary N) is 1. The zero-order valence-electron chi connectivity index (χ0n) is 12.9. The van der Waals surface area contributed by atoms with Crippen LogP contribution in [0.5, 0.6) is 0 Å². The Morgan fingerprint density at radius 3 is 2.85 bits per heavy atom. The number of likely N-dealkylation sites (N-methyl/N-ethyl adjacent to an activating group) is 1. The number of aromatic nitrogens is 1. The van der Waals surface area contributed by atoms with Crippen LogP contribution < -0.4 is 5.32 Å². The fraction of sp³-hybridized carbons (Fsp3) is 0.688. The summed E-state index contributed by atoms with van der Waals surface area (Å²) in [7, 11) is 2.21. The Labute approximate surface area is 123 Å². The summed E-state index contributed by atoms with van der Waals surface area (Å²) in [6, 6.07) is 4.38. The summed E-state index contributed by atoms with van der Waals surface area (Å²) in [5.74, 6) is 0. The predicted octanol–water partition coefficient (Wildman–Crippen LogP) is 1.72. The van der Waals surface area contributed by atoms with Crippen LogP contribution in [0.2, 0.25) is 0 Å². The van der Waals surface area contributed by atoms with Crippen molar-refractivity contribution in [1.29, 1.82) is 0 Å². The quantitative estimate of drug-likeness (QED) is 0.802. The Balaban J connectivity index is 1.80. The van der Waals surface area contributed by atoms with Gasteiger partial charge in [-0.1, -0.05) is 13.0 Å². The summed E-state index contributed by atoms with van der Waals surface area (Å²) in [5.41, 5.74) is 2.46. The van der Waals surface area contributed by atoms with E-state index in [4.69, 9.17) is 0 Å². The standard InChI is InChI=1S/C16H28N4/c1-3-7-17-12-15-5-6-16(18-13-15)14-20-9-4-8-19(2)10-11-20/h5-6,13,17H,3-4,7-12,14H2,1-2H3. The normalized spacial score (nSPS) is 18.1. The summed E-state index contributed by atoms with van der Waals surface area (Å²) in [4.78, 5) is 9.53. The van der Waals surface area contributed by atoms with Crippen LogP contribution in [-0.4, -0.2) is 54.6 Å². The summed E-state index contributed by atoms with van der Waals surface area (Å²) < 4.78 is 0. The van der Waals surface area contributed by atoms with Crippen LogP contribution in [0.3, 0.4) is 0 Å². The lowest BCUT2D eigenvalue weighted by molar-refractivity contribution is 0.266. The van der Waals surface area contributed by atoms with Gasteiger partial charge in [0.05, 0.1) is 5.69 Å². The molecule has 1 aliphatic heterocycles. The van der Waals surface area contributed by atoms with E-state index in [1.165, 1.54) is 43.7 Å².